The topological polar surface area (TPSA) is 57.6 Å². The van der Waals surface area contributed by atoms with Crippen LogP contribution in [0.25, 0.3) is 10.9 Å². The molecule has 2 aromatic rings. The summed E-state index contributed by atoms with van der Waals surface area (Å²) < 4.78 is 2.20. The van der Waals surface area contributed by atoms with E-state index in [4.69, 9.17) is 0 Å². The van der Waals surface area contributed by atoms with Crippen LogP contribution < -0.4 is 5.32 Å². The van der Waals surface area contributed by atoms with E-state index in [1.807, 2.05) is 13.0 Å². The number of aryl methyl sites for hydroxylation is 1. The molecule has 1 unspecified atom stereocenters. The van der Waals surface area contributed by atoms with Gasteiger partial charge in [-0.15, -0.1) is 6.58 Å². The van der Waals surface area contributed by atoms with Crippen molar-refractivity contribution in [2.45, 2.75) is 31.7 Å². The third kappa shape index (κ3) is 3.35. The van der Waals surface area contributed by atoms with E-state index < -0.39 is 0 Å². The number of rotatable bonds is 4. The molecule has 2 heterocycles. The number of nitrogens with zero attached hydrogens (tertiary/aromatic N) is 3. The van der Waals surface area contributed by atoms with Crippen molar-refractivity contribution in [3.05, 3.63) is 48.2 Å². The van der Waals surface area contributed by atoms with E-state index in [2.05, 4.69) is 52.8 Å². The maximum Gasteiger partial charge on any atom is 0.323 e. The molecule has 6 heteroatoms. The number of piperidine rings is 1. The molecular weight excluding hydrogens is 364 g/mol. The molecule has 154 valence electrons. The van der Waals surface area contributed by atoms with Gasteiger partial charge in [0.1, 0.15) is 0 Å². The van der Waals surface area contributed by atoms with E-state index in [1.54, 1.807) is 7.05 Å². The van der Waals surface area contributed by atoms with E-state index in [1.165, 1.54) is 26.9 Å². The molecule has 6 nitrogen and oxygen atoms in total. The minimum absolute atomic E-state index is 0.172. The third-order valence-corrected chi connectivity index (χ3v) is 6.67. The number of likely N-dealkylation sites (tertiary alicyclic amines) is 1. The Kier molecular flexibility index (Phi) is 5.21. The predicted molar refractivity (Wildman–Crippen MR) is 115 cm³/mol. The van der Waals surface area contributed by atoms with Crippen LogP contribution in [-0.4, -0.2) is 59.0 Å². The zero-order valence-corrected chi connectivity index (χ0v) is 17.5. The van der Waals surface area contributed by atoms with Gasteiger partial charge in [-0.05, 0) is 37.0 Å². The zero-order chi connectivity index (χ0) is 20.7. The van der Waals surface area contributed by atoms with E-state index >= 15 is 0 Å². The molecule has 4 rings (SSSR count). The normalized spacial score (nSPS) is 23.5. The van der Waals surface area contributed by atoms with Gasteiger partial charge in [0.05, 0.1) is 5.92 Å². The lowest BCUT2D eigenvalue weighted by molar-refractivity contribution is -0.126. The lowest BCUT2D eigenvalue weighted by atomic mass is 9.72. The fourth-order valence-corrected chi connectivity index (χ4v) is 5.09. The number of aromatic nitrogens is 1. The van der Waals surface area contributed by atoms with Crippen molar-refractivity contribution in [1.29, 1.82) is 0 Å². The molecule has 1 aliphatic carbocycles. The zero-order valence-electron chi connectivity index (χ0n) is 17.5. The van der Waals surface area contributed by atoms with Crippen molar-refractivity contribution < 1.29 is 9.59 Å². The number of fused-ring (bicyclic) bond motifs is 2. The number of hydrogen-bond donors (Lipinski definition) is 1. The number of amides is 3. The average Bonchev–Trinajstić information content (AvgIpc) is 3.04. The number of hydrogen-bond acceptors (Lipinski definition) is 3. The van der Waals surface area contributed by atoms with Gasteiger partial charge >= 0.3 is 6.03 Å². The van der Waals surface area contributed by atoms with Crippen LogP contribution in [0.5, 0.6) is 0 Å². The highest BCUT2D eigenvalue weighted by atomic mass is 16.2. The number of carbonyl (C=O) groups is 2. The van der Waals surface area contributed by atoms with Crippen LogP contribution >= 0.6 is 0 Å². The van der Waals surface area contributed by atoms with Crippen molar-refractivity contribution in [2.24, 2.45) is 13.0 Å². The Morgan fingerprint density at radius 1 is 1.38 bits per heavy atom. The summed E-state index contributed by atoms with van der Waals surface area (Å²) in [5.41, 5.74) is 3.96. The molecule has 2 aliphatic rings. The summed E-state index contributed by atoms with van der Waals surface area (Å²) >= 11 is 0. The number of imide groups is 1. The highest BCUT2D eigenvalue weighted by Crippen LogP contribution is 2.45. The van der Waals surface area contributed by atoms with Gasteiger partial charge < -0.3 is 9.47 Å². The first kappa shape index (κ1) is 19.7. The second kappa shape index (κ2) is 7.67. The Balaban J connectivity index is 1.66. The molecule has 1 N–H and O–H groups in total. The molecule has 0 radical (unpaired) electrons. The number of urea groups is 1. The first-order valence-electron chi connectivity index (χ1n) is 10.4. The predicted octanol–water partition coefficient (Wildman–Crippen LogP) is 2.88. The number of nitrogens with one attached hydrogen (secondary N) is 1. The van der Waals surface area contributed by atoms with Crippen molar-refractivity contribution in [2.75, 3.05) is 26.7 Å². The van der Waals surface area contributed by atoms with Gasteiger partial charge in [-0.25, -0.2) is 4.79 Å². The number of carbonyl (C=O) groups excluding carboxylic acids is 2. The Morgan fingerprint density at radius 2 is 2.17 bits per heavy atom. The van der Waals surface area contributed by atoms with Gasteiger partial charge in [-0.1, -0.05) is 18.2 Å². The summed E-state index contributed by atoms with van der Waals surface area (Å²) in [6, 6.07) is 6.52. The van der Waals surface area contributed by atoms with E-state index in [9.17, 15) is 9.59 Å². The second-order valence-corrected chi connectivity index (χ2v) is 8.37. The molecule has 1 saturated heterocycles. The van der Waals surface area contributed by atoms with Gasteiger partial charge in [-0.3, -0.25) is 15.0 Å². The van der Waals surface area contributed by atoms with Crippen LogP contribution in [-0.2, 0) is 18.3 Å². The Hall–Kier alpha value is -2.60. The Bertz CT molecular complexity index is 963. The lowest BCUT2D eigenvalue weighted by Crippen LogP contribution is -2.54. The molecule has 3 amide bonds. The largest absolute Gasteiger partial charge is 0.350 e. The molecule has 1 aromatic carbocycles. The minimum Gasteiger partial charge on any atom is -0.350 e. The third-order valence-electron chi connectivity index (χ3n) is 6.67. The summed E-state index contributed by atoms with van der Waals surface area (Å²) in [5.74, 6) is -0.114. The summed E-state index contributed by atoms with van der Waals surface area (Å²) in [4.78, 5) is 29.0. The van der Waals surface area contributed by atoms with Gasteiger partial charge in [0, 0.05) is 62.8 Å². The van der Waals surface area contributed by atoms with Gasteiger partial charge in [0.2, 0.25) is 5.91 Å². The molecular formula is C23H30N4O2. The molecule has 0 bridgehead atoms. The molecule has 0 spiro atoms. The SMILES string of the molecule is C=CCN1C[C@H](C(=O)NC(=O)N(C)CC)CC2c3cccc4c3c(cn4C)C[C@H]21. The Morgan fingerprint density at radius 3 is 2.90 bits per heavy atom. The van der Waals surface area contributed by atoms with E-state index in [-0.39, 0.29) is 23.8 Å². The van der Waals surface area contributed by atoms with Crippen molar-refractivity contribution in [1.82, 2.24) is 19.7 Å². The maximum absolute atomic E-state index is 12.9. The molecule has 3 atom stereocenters. The van der Waals surface area contributed by atoms with Crippen molar-refractivity contribution >= 4 is 22.8 Å². The average molecular weight is 395 g/mol. The fraction of sp³-hybridized carbons (Fsp3) is 0.478. The highest BCUT2D eigenvalue weighted by Gasteiger charge is 2.42. The standard InChI is InChI=1S/C23H30N4O2/c1-5-10-27-14-16(22(28)24-23(29)25(3)6-2)11-18-17-8-7-9-19-21(17)15(12-20(18)27)13-26(19)4/h5,7-9,13,16,18,20H,1,6,10-12,14H2,2-4H3,(H,24,28,29)/t16-,18?,20-/m1/s1. The Labute approximate surface area is 172 Å². The first-order chi connectivity index (χ1) is 13.9. The minimum atomic E-state index is -0.328. The summed E-state index contributed by atoms with van der Waals surface area (Å²) in [5, 5.41) is 3.94. The number of benzene rings is 1. The maximum atomic E-state index is 12.9. The smallest absolute Gasteiger partial charge is 0.323 e. The molecule has 29 heavy (non-hydrogen) atoms. The van der Waals surface area contributed by atoms with E-state index in [0.29, 0.717) is 19.1 Å². The fourth-order valence-electron chi connectivity index (χ4n) is 5.09. The molecule has 1 fully saturated rings. The summed E-state index contributed by atoms with van der Waals surface area (Å²) in [6.07, 6.45) is 5.91. The second-order valence-electron chi connectivity index (χ2n) is 8.37. The monoisotopic (exact) mass is 394 g/mol. The first-order valence-corrected chi connectivity index (χ1v) is 10.4. The lowest BCUT2D eigenvalue weighted by Gasteiger charge is -2.46. The van der Waals surface area contributed by atoms with Gasteiger partial charge in [-0.2, -0.15) is 0 Å². The van der Waals surface area contributed by atoms with Gasteiger partial charge in [0.25, 0.3) is 0 Å². The van der Waals surface area contributed by atoms with Crippen molar-refractivity contribution in [3.8, 4) is 0 Å². The van der Waals surface area contributed by atoms with Crippen LogP contribution in [0.2, 0.25) is 0 Å². The summed E-state index contributed by atoms with van der Waals surface area (Å²) in [7, 11) is 3.79. The summed E-state index contributed by atoms with van der Waals surface area (Å²) in [6.45, 7) is 7.78. The quantitative estimate of drug-likeness (QED) is 0.812. The van der Waals surface area contributed by atoms with Crippen LogP contribution in [0, 0.1) is 5.92 Å². The van der Waals surface area contributed by atoms with Crippen LogP contribution in [0.4, 0.5) is 4.79 Å². The van der Waals surface area contributed by atoms with E-state index in [0.717, 1.165) is 19.4 Å². The highest BCUT2D eigenvalue weighted by molar-refractivity contribution is 5.96. The molecule has 1 aromatic heterocycles. The van der Waals surface area contributed by atoms with Crippen LogP contribution in [0.3, 0.4) is 0 Å². The van der Waals surface area contributed by atoms with Gasteiger partial charge in [0.15, 0.2) is 0 Å². The van der Waals surface area contributed by atoms with Crippen molar-refractivity contribution in [3.63, 3.8) is 0 Å². The van der Waals surface area contributed by atoms with Crippen LogP contribution in [0.1, 0.15) is 30.4 Å². The molecule has 1 aliphatic heterocycles. The van der Waals surface area contributed by atoms with Crippen LogP contribution in [0.15, 0.2) is 37.1 Å². The molecule has 0 saturated carbocycles.